The van der Waals surface area contributed by atoms with Gasteiger partial charge in [0, 0.05) is 6.07 Å². The maximum Gasteiger partial charge on any atom is 0.417 e. The highest BCUT2D eigenvalue weighted by Crippen LogP contribution is 2.42. The first-order chi connectivity index (χ1) is 16.7. The summed E-state index contributed by atoms with van der Waals surface area (Å²) in [6.45, 7) is 1.61. The Morgan fingerprint density at radius 2 is 1.63 bits per heavy atom. The number of nitro benzene ring substituents is 1. The van der Waals surface area contributed by atoms with Crippen LogP contribution in [0.25, 0.3) is 5.69 Å². The van der Waals surface area contributed by atoms with E-state index in [0.29, 0.717) is 11.4 Å². The molecule has 0 atom stereocenters. The summed E-state index contributed by atoms with van der Waals surface area (Å²) in [7, 11) is 0. The monoisotopic (exact) mass is 499 g/mol. The van der Waals surface area contributed by atoms with Crippen LogP contribution >= 0.6 is 11.8 Å². The molecule has 0 amide bonds. The summed E-state index contributed by atoms with van der Waals surface area (Å²) < 4.78 is 47.3. The van der Waals surface area contributed by atoms with Gasteiger partial charge in [-0.3, -0.25) is 10.1 Å². The highest BCUT2D eigenvalue weighted by molar-refractivity contribution is 7.99. The van der Waals surface area contributed by atoms with Crippen molar-refractivity contribution in [3.8, 4) is 11.6 Å². The minimum absolute atomic E-state index is 0.154. The predicted octanol–water partition coefficient (Wildman–Crippen LogP) is 6.48. The summed E-state index contributed by atoms with van der Waals surface area (Å²) in [6.07, 6.45) is -4.77. The summed E-state index contributed by atoms with van der Waals surface area (Å²) in [5.41, 5.74) is -1.13. The van der Waals surface area contributed by atoms with E-state index >= 15 is 0 Å². The fraction of sp³-hybridized carbons (Fsp3) is 0.0833. The summed E-state index contributed by atoms with van der Waals surface area (Å²) >= 11 is 0.934. The summed E-state index contributed by atoms with van der Waals surface area (Å²) in [5, 5.41) is 15.9. The number of para-hydroxylation sites is 2. The second-order valence-corrected chi connectivity index (χ2v) is 8.28. The van der Waals surface area contributed by atoms with Crippen LogP contribution in [0.2, 0.25) is 0 Å². The topological polar surface area (TPSA) is 87.3 Å². The number of hydrogen-bond donors (Lipinski definition) is 0. The zero-order valence-electron chi connectivity index (χ0n) is 18.0. The van der Waals surface area contributed by atoms with Gasteiger partial charge >= 0.3 is 12.1 Å². The van der Waals surface area contributed by atoms with Gasteiger partial charge in [-0.25, -0.2) is 4.79 Å². The number of carbonyl (C=O) groups is 1. The third-order valence-corrected chi connectivity index (χ3v) is 6.12. The third kappa shape index (κ3) is 5.04. The molecular weight excluding hydrogens is 483 g/mol. The molecule has 0 radical (unpaired) electrons. The number of nitro groups is 1. The zero-order chi connectivity index (χ0) is 25.2. The Bertz CT molecular complexity index is 1400. The minimum Gasteiger partial charge on any atom is -0.402 e. The van der Waals surface area contributed by atoms with Crippen LogP contribution in [0.5, 0.6) is 5.88 Å². The van der Waals surface area contributed by atoms with Crippen molar-refractivity contribution in [1.29, 1.82) is 0 Å². The van der Waals surface area contributed by atoms with Gasteiger partial charge < -0.3 is 4.74 Å². The molecule has 1 aromatic heterocycles. The number of esters is 1. The van der Waals surface area contributed by atoms with Crippen molar-refractivity contribution in [2.24, 2.45) is 0 Å². The second kappa shape index (κ2) is 9.63. The largest absolute Gasteiger partial charge is 0.417 e. The Balaban J connectivity index is 1.83. The van der Waals surface area contributed by atoms with Crippen molar-refractivity contribution in [2.45, 2.75) is 22.9 Å². The van der Waals surface area contributed by atoms with Crippen LogP contribution in [-0.4, -0.2) is 20.7 Å². The number of hydrogen-bond acceptors (Lipinski definition) is 6. The first-order valence-electron chi connectivity index (χ1n) is 10.1. The quantitative estimate of drug-likeness (QED) is 0.171. The van der Waals surface area contributed by atoms with E-state index in [2.05, 4.69) is 5.10 Å². The Morgan fingerprint density at radius 3 is 2.31 bits per heavy atom. The molecule has 4 rings (SSSR count). The molecule has 0 saturated heterocycles. The van der Waals surface area contributed by atoms with Gasteiger partial charge in [0.05, 0.1) is 37.2 Å². The molecule has 35 heavy (non-hydrogen) atoms. The van der Waals surface area contributed by atoms with Gasteiger partial charge in [0.15, 0.2) is 0 Å². The first-order valence-corrected chi connectivity index (χ1v) is 10.9. The maximum atomic E-state index is 13.5. The van der Waals surface area contributed by atoms with E-state index in [4.69, 9.17) is 4.74 Å². The van der Waals surface area contributed by atoms with Crippen LogP contribution in [0.3, 0.4) is 0 Å². The van der Waals surface area contributed by atoms with Crippen LogP contribution < -0.4 is 4.74 Å². The van der Waals surface area contributed by atoms with E-state index in [-0.39, 0.29) is 21.4 Å². The van der Waals surface area contributed by atoms with E-state index in [1.165, 1.54) is 35.0 Å². The van der Waals surface area contributed by atoms with Crippen molar-refractivity contribution in [2.75, 3.05) is 0 Å². The van der Waals surface area contributed by atoms with Crippen LogP contribution in [0, 0.1) is 17.0 Å². The molecule has 0 spiro atoms. The number of aryl methyl sites for hydroxylation is 1. The fourth-order valence-corrected chi connectivity index (χ4v) is 4.32. The number of nitrogens with zero attached hydrogens (tertiary/aromatic N) is 3. The fourth-order valence-electron chi connectivity index (χ4n) is 3.30. The molecule has 3 aromatic carbocycles. The molecule has 0 aliphatic carbocycles. The molecule has 0 N–H and O–H groups in total. The lowest BCUT2D eigenvalue weighted by Gasteiger charge is -2.14. The van der Waals surface area contributed by atoms with Crippen LogP contribution in [0.1, 0.15) is 21.6 Å². The van der Waals surface area contributed by atoms with Crippen LogP contribution in [-0.2, 0) is 6.18 Å². The smallest absolute Gasteiger partial charge is 0.402 e. The predicted molar refractivity (Wildman–Crippen MR) is 122 cm³/mol. The van der Waals surface area contributed by atoms with Gasteiger partial charge in [-0.05, 0) is 37.3 Å². The number of aromatic nitrogens is 2. The van der Waals surface area contributed by atoms with E-state index in [0.717, 1.165) is 23.9 Å². The van der Waals surface area contributed by atoms with E-state index < -0.39 is 28.2 Å². The molecule has 0 aliphatic rings. The maximum absolute atomic E-state index is 13.5. The molecule has 0 bridgehead atoms. The number of ether oxygens (including phenoxy) is 1. The van der Waals surface area contributed by atoms with Crippen molar-refractivity contribution in [1.82, 2.24) is 9.78 Å². The Hall–Kier alpha value is -4.12. The van der Waals surface area contributed by atoms with Crippen LogP contribution in [0.4, 0.5) is 18.9 Å². The number of halogens is 3. The number of alkyl halides is 3. The van der Waals surface area contributed by atoms with Gasteiger partial charge in [-0.1, -0.05) is 54.2 Å². The lowest BCUT2D eigenvalue weighted by Crippen LogP contribution is -2.18. The Labute approximate surface area is 201 Å². The van der Waals surface area contributed by atoms with E-state index in [9.17, 15) is 28.1 Å². The minimum atomic E-state index is -4.77. The SMILES string of the molecule is Cc1nn(-c2ccccc2)c(OC(=O)c2ccccc2C(F)(F)F)c1Sc1ccccc1[N+](=O)[O-]. The average molecular weight is 499 g/mol. The Kier molecular flexibility index (Phi) is 6.61. The molecule has 0 unspecified atom stereocenters. The van der Waals surface area contributed by atoms with Gasteiger partial charge in [0.2, 0.25) is 5.88 Å². The van der Waals surface area contributed by atoms with E-state index in [1.54, 1.807) is 43.3 Å². The molecule has 0 saturated carbocycles. The van der Waals surface area contributed by atoms with Gasteiger partial charge in [-0.15, -0.1) is 0 Å². The number of benzene rings is 3. The van der Waals surface area contributed by atoms with E-state index in [1.807, 2.05) is 0 Å². The highest BCUT2D eigenvalue weighted by Gasteiger charge is 2.36. The molecule has 0 aliphatic heterocycles. The van der Waals surface area contributed by atoms with Gasteiger partial charge in [0.25, 0.3) is 5.69 Å². The molecule has 7 nitrogen and oxygen atoms in total. The van der Waals surface area contributed by atoms with Crippen molar-refractivity contribution in [3.63, 3.8) is 0 Å². The first kappa shape index (κ1) is 24.0. The van der Waals surface area contributed by atoms with Gasteiger partial charge in [-0.2, -0.15) is 23.0 Å². The summed E-state index contributed by atoms with van der Waals surface area (Å²) in [5.74, 6) is -1.39. The molecule has 0 fully saturated rings. The standard InChI is InChI=1S/C24H16F3N3O4S/c1-15-21(35-20-14-8-7-13-19(20)30(32)33)22(29(28-15)16-9-3-2-4-10-16)34-23(31)17-11-5-6-12-18(17)24(25,26)27/h2-14H,1H3. The summed E-state index contributed by atoms with van der Waals surface area (Å²) in [4.78, 5) is 24.4. The highest BCUT2D eigenvalue weighted by atomic mass is 32.2. The molecule has 11 heteroatoms. The number of rotatable bonds is 6. The molecule has 178 valence electrons. The number of carbonyl (C=O) groups excluding carboxylic acids is 1. The molecule has 1 heterocycles. The van der Waals surface area contributed by atoms with Crippen molar-refractivity contribution in [3.05, 3.63) is 106 Å². The van der Waals surface area contributed by atoms with Gasteiger partial charge in [0.1, 0.15) is 0 Å². The average Bonchev–Trinajstić information content (AvgIpc) is 3.14. The molecular formula is C24H16F3N3O4S. The van der Waals surface area contributed by atoms with Crippen molar-refractivity contribution >= 4 is 23.4 Å². The Morgan fingerprint density at radius 1 is 1.00 bits per heavy atom. The lowest BCUT2D eigenvalue weighted by molar-refractivity contribution is -0.387. The normalized spacial score (nSPS) is 11.3. The zero-order valence-corrected chi connectivity index (χ0v) is 18.8. The summed E-state index contributed by atoms with van der Waals surface area (Å²) in [6, 6.07) is 18.8. The van der Waals surface area contributed by atoms with Crippen molar-refractivity contribution < 1.29 is 27.6 Å². The third-order valence-electron chi connectivity index (χ3n) is 4.88. The second-order valence-electron chi connectivity index (χ2n) is 7.23. The lowest BCUT2D eigenvalue weighted by atomic mass is 10.1. The van der Waals surface area contributed by atoms with Crippen LogP contribution in [0.15, 0.2) is 88.7 Å². The molecule has 4 aromatic rings.